The molecular formula is C13H26N2O2. The van der Waals surface area contributed by atoms with E-state index in [9.17, 15) is 9.90 Å². The van der Waals surface area contributed by atoms with Gasteiger partial charge < -0.3 is 15.3 Å². The number of aliphatic hydroxyl groups excluding tert-OH is 1. The summed E-state index contributed by atoms with van der Waals surface area (Å²) in [5.74, 6) is 0.167. The molecule has 1 amide bonds. The number of nitrogens with one attached hydrogen (secondary N) is 1. The minimum atomic E-state index is -0.332. The molecule has 0 aliphatic carbocycles. The molecule has 1 aliphatic heterocycles. The van der Waals surface area contributed by atoms with Gasteiger partial charge in [-0.1, -0.05) is 19.8 Å². The maximum absolute atomic E-state index is 12.0. The molecule has 1 rings (SSSR count). The van der Waals surface area contributed by atoms with Crippen molar-refractivity contribution in [3.05, 3.63) is 0 Å². The monoisotopic (exact) mass is 242 g/mol. The van der Waals surface area contributed by atoms with Crippen molar-refractivity contribution in [2.45, 2.75) is 51.5 Å². The molecule has 1 aliphatic rings. The van der Waals surface area contributed by atoms with Crippen LogP contribution in [0.2, 0.25) is 0 Å². The maximum atomic E-state index is 12.0. The molecule has 0 radical (unpaired) electrons. The molecule has 1 unspecified atom stereocenters. The fraction of sp³-hybridized carbons (Fsp3) is 0.923. The SMILES string of the molecule is CCC(C)(CO)NCC(=O)N1CCCCCC1. The molecule has 1 fully saturated rings. The van der Waals surface area contributed by atoms with Crippen LogP contribution in [0.15, 0.2) is 0 Å². The van der Waals surface area contributed by atoms with Crippen LogP contribution in [0.1, 0.15) is 46.0 Å². The number of rotatable bonds is 5. The van der Waals surface area contributed by atoms with E-state index < -0.39 is 0 Å². The molecule has 100 valence electrons. The normalized spacial score (nSPS) is 20.8. The van der Waals surface area contributed by atoms with Gasteiger partial charge in [0.2, 0.25) is 5.91 Å². The van der Waals surface area contributed by atoms with Crippen LogP contribution in [-0.2, 0) is 4.79 Å². The molecule has 4 nitrogen and oxygen atoms in total. The van der Waals surface area contributed by atoms with E-state index in [2.05, 4.69) is 5.32 Å². The Kier molecular flexibility index (Phi) is 5.92. The number of nitrogens with zero attached hydrogens (tertiary/aromatic N) is 1. The molecule has 1 atom stereocenters. The van der Waals surface area contributed by atoms with Crippen LogP contribution < -0.4 is 5.32 Å². The molecule has 0 aromatic carbocycles. The predicted octanol–water partition coefficient (Wildman–Crippen LogP) is 1.14. The highest BCUT2D eigenvalue weighted by Crippen LogP contribution is 2.11. The van der Waals surface area contributed by atoms with Gasteiger partial charge >= 0.3 is 0 Å². The van der Waals surface area contributed by atoms with Crippen LogP contribution >= 0.6 is 0 Å². The number of aliphatic hydroxyl groups is 1. The first-order chi connectivity index (χ1) is 8.11. The smallest absolute Gasteiger partial charge is 0.236 e. The number of hydrogen-bond donors (Lipinski definition) is 2. The molecule has 0 spiro atoms. The van der Waals surface area contributed by atoms with Crippen molar-refractivity contribution in [1.82, 2.24) is 10.2 Å². The second-order valence-corrected chi connectivity index (χ2v) is 5.22. The molecule has 17 heavy (non-hydrogen) atoms. The van der Waals surface area contributed by atoms with Crippen molar-refractivity contribution >= 4 is 5.91 Å². The van der Waals surface area contributed by atoms with Gasteiger partial charge in [0.1, 0.15) is 0 Å². The number of likely N-dealkylation sites (tertiary alicyclic amines) is 1. The molecule has 0 aromatic rings. The molecule has 1 saturated heterocycles. The lowest BCUT2D eigenvalue weighted by Gasteiger charge is -2.29. The average molecular weight is 242 g/mol. The second-order valence-electron chi connectivity index (χ2n) is 5.22. The van der Waals surface area contributed by atoms with E-state index in [1.807, 2.05) is 18.7 Å². The standard InChI is InChI=1S/C13H26N2O2/c1-3-13(2,11-16)14-10-12(17)15-8-6-4-5-7-9-15/h14,16H,3-11H2,1-2H3. The Balaban J connectivity index is 2.37. The molecule has 0 saturated carbocycles. The largest absolute Gasteiger partial charge is 0.394 e. The van der Waals surface area contributed by atoms with Crippen molar-refractivity contribution in [3.63, 3.8) is 0 Å². The summed E-state index contributed by atoms with van der Waals surface area (Å²) in [4.78, 5) is 14.0. The Morgan fingerprint density at radius 1 is 1.29 bits per heavy atom. The number of carbonyl (C=O) groups is 1. The third-order valence-corrected chi connectivity index (χ3v) is 3.75. The predicted molar refractivity (Wildman–Crippen MR) is 68.8 cm³/mol. The Morgan fingerprint density at radius 3 is 2.35 bits per heavy atom. The zero-order valence-corrected chi connectivity index (χ0v) is 11.2. The molecule has 2 N–H and O–H groups in total. The van der Waals surface area contributed by atoms with Crippen LogP contribution in [-0.4, -0.2) is 47.7 Å². The zero-order chi connectivity index (χ0) is 12.7. The summed E-state index contributed by atoms with van der Waals surface area (Å²) in [7, 11) is 0. The summed E-state index contributed by atoms with van der Waals surface area (Å²) in [6, 6.07) is 0. The third-order valence-electron chi connectivity index (χ3n) is 3.75. The summed E-state index contributed by atoms with van der Waals surface area (Å²) >= 11 is 0. The van der Waals surface area contributed by atoms with Gasteiger partial charge in [0.25, 0.3) is 0 Å². The van der Waals surface area contributed by atoms with Crippen LogP contribution in [0.25, 0.3) is 0 Å². The first-order valence-electron chi connectivity index (χ1n) is 6.75. The van der Waals surface area contributed by atoms with Gasteiger partial charge in [-0.3, -0.25) is 4.79 Å². The summed E-state index contributed by atoms with van der Waals surface area (Å²) in [5, 5.41) is 12.4. The topological polar surface area (TPSA) is 52.6 Å². The molecule has 0 aromatic heterocycles. The van der Waals surface area contributed by atoms with Crippen molar-refractivity contribution in [1.29, 1.82) is 0 Å². The van der Waals surface area contributed by atoms with Crippen LogP contribution in [0.4, 0.5) is 0 Å². The number of carbonyl (C=O) groups excluding carboxylic acids is 1. The van der Waals surface area contributed by atoms with E-state index in [4.69, 9.17) is 0 Å². The van der Waals surface area contributed by atoms with E-state index in [0.29, 0.717) is 6.54 Å². The lowest BCUT2D eigenvalue weighted by Crippen LogP contribution is -2.50. The second kappa shape index (κ2) is 6.97. The van der Waals surface area contributed by atoms with Gasteiger partial charge in [0, 0.05) is 18.6 Å². The summed E-state index contributed by atoms with van der Waals surface area (Å²) in [5.41, 5.74) is -0.332. The third kappa shape index (κ3) is 4.64. The van der Waals surface area contributed by atoms with E-state index >= 15 is 0 Å². The van der Waals surface area contributed by atoms with Gasteiger partial charge in [-0.2, -0.15) is 0 Å². The fourth-order valence-electron chi connectivity index (χ4n) is 2.01. The van der Waals surface area contributed by atoms with Gasteiger partial charge in [0.15, 0.2) is 0 Å². The Morgan fingerprint density at radius 2 is 1.88 bits per heavy atom. The van der Waals surface area contributed by atoms with E-state index in [-0.39, 0.29) is 18.1 Å². The van der Waals surface area contributed by atoms with Crippen molar-refractivity contribution in [2.24, 2.45) is 0 Å². The van der Waals surface area contributed by atoms with Crippen molar-refractivity contribution in [2.75, 3.05) is 26.2 Å². The van der Waals surface area contributed by atoms with Crippen LogP contribution in [0, 0.1) is 0 Å². The van der Waals surface area contributed by atoms with Gasteiger partial charge in [-0.15, -0.1) is 0 Å². The Bertz CT molecular complexity index is 232. The fourth-order valence-corrected chi connectivity index (χ4v) is 2.01. The molecule has 0 bridgehead atoms. The minimum Gasteiger partial charge on any atom is -0.394 e. The van der Waals surface area contributed by atoms with E-state index in [1.54, 1.807) is 0 Å². The maximum Gasteiger partial charge on any atom is 0.236 e. The van der Waals surface area contributed by atoms with E-state index in [1.165, 1.54) is 12.8 Å². The summed E-state index contributed by atoms with van der Waals surface area (Å²) in [6.07, 6.45) is 5.53. The highest BCUT2D eigenvalue weighted by atomic mass is 16.3. The quantitative estimate of drug-likeness (QED) is 0.760. The molecule has 4 heteroatoms. The first kappa shape index (κ1) is 14.5. The number of amides is 1. The van der Waals surface area contributed by atoms with Crippen LogP contribution in [0.5, 0.6) is 0 Å². The number of hydrogen-bond acceptors (Lipinski definition) is 3. The van der Waals surface area contributed by atoms with Gasteiger partial charge in [0.05, 0.1) is 13.2 Å². The Hall–Kier alpha value is -0.610. The van der Waals surface area contributed by atoms with Crippen LogP contribution in [0.3, 0.4) is 0 Å². The zero-order valence-electron chi connectivity index (χ0n) is 11.2. The first-order valence-corrected chi connectivity index (χ1v) is 6.75. The Labute approximate surface area is 104 Å². The van der Waals surface area contributed by atoms with Crippen molar-refractivity contribution in [3.8, 4) is 0 Å². The lowest BCUT2D eigenvalue weighted by atomic mass is 10.0. The van der Waals surface area contributed by atoms with Gasteiger partial charge in [-0.05, 0) is 26.2 Å². The van der Waals surface area contributed by atoms with E-state index in [0.717, 1.165) is 32.4 Å². The summed E-state index contributed by atoms with van der Waals surface area (Å²) in [6.45, 7) is 6.15. The molecule has 1 heterocycles. The lowest BCUT2D eigenvalue weighted by molar-refractivity contribution is -0.130. The van der Waals surface area contributed by atoms with Crippen molar-refractivity contribution < 1.29 is 9.90 Å². The highest BCUT2D eigenvalue weighted by molar-refractivity contribution is 5.78. The average Bonchev–Trinajstić information content (AvgIpc) is 2.64. The minimum absolute atomic E-state index is 0.0663. The summed E-state index contributed by atoms with van der Waals surface area (Å²) < 4.78 is 0. The molecular weight excluding hydrogens is 216 g/mol. The highest BCUT2D eigenvalue weighted by Gasteiger charge is 2.23. The van der Waals surface area contributed by atoms with Gasteiger partial charge in [-0.25, -0.2) is 0 Å².